The average Bonchev–Trinajstić information content (AvgIpc) is 2.61. The van der Waals surface area contributed by atoms with Crippen LogP contribution in [-0.2, 0) is 9.59 Å². The lowest BCUT2D eigenvalue weighted by Gasteiger charge is -2.30. The number of carbonyl (C=O) groups is 2. The third-order valence-corrected chi connectivity index (χ3v) is 5.33. The number of carbonyl (C=O) groups excluding carboxylic acids is 2. The molecule has 0 aliphatic heterocycles. The molecule has 0 aromatic heterocycles. The standard InChI is InChI=1S/C23H46N2O3/c1-4-5-6-7-8-9-10-11-12-13-14-15-16-18-22(26)24-19-17-20-25(2,3)21-23(27)28/h4-21H2,1-3H3,(H-,24,26,27,28). The molecule has 0 atom stereocenters. The van der Waals surface area contributed by atoms with Gasteiger partial charge in [0.15, 0.2) is 0 Å². The zero-order valence-corrected chi connectivity index (χ0v) is 18.9. The lowest BCUT2D eigenvalue weighted by molar-refractivity contribution is -0.884. The van der Waals surface area contributed by atoms with Crippen LogP contribution in [0.4, 0.5) is 0 Å². The van der Waals surface area contributed by atoms with Crippen LogP contribution in [0.2, 0.25) is 0 Å². The number of quaternary nitrogens is 1. The summed E-state index contributed by atoms with van der Waals surface area (Å²) in [5, 5.41) is 13.6. The van der Waals surface area contributed by atoms with Crippen molar-refractivity contribution in [2.24, 2.45) is 0 Å². The van der Waals surface area contributed by atoms with Gasteiger partial charge in [-0.1, -0.05) is 84.0 Å². The summed E-state index contributed by atoms with van der Waals surface area (Å²) < 4.78 is 0.386. The first-order chi connectivity index (χ1) is 13.4. The maximum absolute atomic E-state index is 11.8. The van der Waals surface area contributed by atoms with Crippen molar-refractivity contribution in [1.29, 1.82) is 0 Å². The highest BCUT2D eigenvalue weighted by molar-refractivity contribution is 5.75. The maximum Gasteiger partial charge on any atom is 0.219 e. The van der Waals surface area contributed by atoms with Gasteiger partial charge in [0.25, 0.3) is 0 Å². The van der Waals surface area contributed by atoms with E-state index >= 15 is 0 Å². The molecule has 0 heterocycles. The van der Waals surface area contributed by atoms with E-state index in [9.17, 15) is 14.7 Å². The second-order valence-electron chi connectivity index (χ2n) is 8.89. The number of nitrogens with zero attached hydrogens (tertiary/aromatic N) is 1. The molecule has 166 valence electrons. The second kappa shape index (κ2) is 18.0. The summed E-state index contributed by atoms with van der Waals surface area (Å²) in [6, 6.07) is 0. The molecule has 0 fully saturated rings. The Morgan fingerprint density at radius 2 is 1.21 bits per heavy atom. The highest BCUT2D eigenvalue weighted by atomic mass is 16.4. The van der Waals surface area contributed by atoms with Crippen molar-refractivity contribution in [2.75, 3.05) is 33.7 Å². The molecular weight excluding hydrogens is 352 g/mol. The molecule has 0 rings (SSSR count). The van der Waals surface area contributed by atoms with Crippen LogP contribution in [0.3, 0.4) is 0 Å². The number of hydrogen-bond acceptors (Lipinski definition) is 3. The van der Waals surface area contributed by atoms with Crippen LogP contribution in [0.15, 0.2) is 0 Å². The van der Waals surface area contributed by atoms with Crippen LogP contribution < -0.4 is 10.4 Å². The predicted molar refractivity (Wildman–Crippen MR) is 115 cm³/mol. The van der Waals surface area contributed by atoms with Gasteiger partial charge in [0.2, 0.25) is 5.91 Å². The zero-order valence-electron chi connectivity index (χ0n) is 18.9. The van der Waals surface area contributed by atoms with Crippen molar-refractivity contribution >= 4 is 11.9 Å². The van der Waals surface area contributed by atoms with E-state index < -0.39 is 5.97 Å². The summed E-state index contributed by atoms with van der Waals surface area (Å²) in [5.74, 6) is -0.912. The Balaban J connectivity index is 3.34. The van der Waals surface area contributed by atoms with Crippen LogP contribution in [0.25, 0.3) is 0 Å². The van der Waals surface area contributed by atoms with Crippen LogP contribution >= 0.6 is 0 Å². The van der Waals surface area contributed by atoms with Gasteiger partial charge >= 0.3 is 0 Å². The SMILES string of the molecule is CCCCCCCCCCCCCCCC(=O)NCCC[N+](C)(C)CC(=O)[O-]. The molecule has 0 radical (unpaired) electrons. The molecule has 1 N–H and O–H groups in total. The van der Waals surface area contributed by atoms with E-state index in [1.165, 1.54) is 70.6 Å². The number of amides is 1. The third kappa shape index (κ3) is 19.7. The number of aliphatic carboxylic acids is 1. The normalized spacial score (nSPS) is 11.5. The Bertz CT molecular complexity index is 397. The lowest BCUT2D eigenvalue weighted by Crippen LogP contribution is -2.49. The highest BCUT2D eigenvalue weighted by Gasteiger charge is 2.14. The molecule has 1 amide bonds. The molecule has 0 aliphatic rings. The summed E-state index contributed by atoms with van der Waals surface area (Å²) in [4.78, 5) is 22.5. The quantitative estimate of drug-likeness (QED) is 0.250. The molecule has 0 unspecified atom stereocenters. The van der Waals surface area contributed by atoms with Crippen molar-refractivity contribution in [2.45, 2.75) is 103 Å². The Kier molecular flexibility index (Phi) is 17.3. The molecule has 0 saturated carbocycles. The van der Waals surface area contributed by atoms with E-state index in [0.717, 1.165) is 19.3 Å². The van der Waals surface area contributed by atoms with E-state index in [2.05, 4.69) is 12.2 Å². The zero-order chi connectivity index (χ0) is 21.1. The summed E-state index contributed by atoms with van der Waals surface area (Å²) in [6.45, 7) is 3.60. The molecule has 0 aromatic rings. The van der Waals surface area contributed by atoms with Gasteiger partial charge < -0.3 is 19.7 Å². The van der Waals surface area contributed by atoms with Gasteiger partial charge in [0.1, 0.15) is 6.54 Å². The minimum absolute atomic E-state index is 0.00685. The van der Waals surface area contributed by atoms with Gasteiger partial charge in [-0.15, -0.1) is 0 Å². The summed E-state index contributed by atoms with van der Waals surface area (Å²) in [6.07, 6.45) is 18.4. The van der Waals surface area contributed by atoms with Crippen LogP contribution in [0.1, 0.15) is 103 Å². The molecule has 0 saturated heterocycles. The number of hydrogen-bond donors (Lipinski definition) is 1. The predicted octanol–water partition coefficient (Wildman–Crippen LogP) is 3.80. The molecule has 0 aromatic carbocycles. The van der Waals surface area contributed by atoms with Crippen LogP contribution in [0.5, 0.6) is 0 Å². The van der Waals surface area contributed by atoms with Crippen molar-refractivity contribution in [3.63, 3.8) is 0 Å². The largest absolute Gasteiger partial charge is 0.544 e. The average molecular weight is 399 g/mol. The first-order valence-electron chi connectivity index (χ1n) is 11.7. The maximum atomic E-state index is 11.8. The monoisotopic (exact) mass is 398 g/mol. The first-order valence-corrected chi connectivity index (χ1v) is 11.7. The van der Waals surface area contributed by atoms with Crippen molar-refractivity contribution < 1.29 is 19.2 Å². The van der Waals surface area contributed by atoms with Gasteiger partial charge in [0, 0.05) is 19.4 Å². The van der Waals surface area contributed by atoms with Gasteiger partial charge in [-0.25, -0.2) is 0 Å². The molecule has 0 aliphatic carbocycles. The van der Waals surface area contributed by atoms with Gasteiger partial charge in [-0.2, -0.15) is 0 Å². The molecule has 28 heavy (non-hydrogen) atoms. The first kappa shape index (κ1) is 26.9. The number of nitrogens with one attached hydrogen (secondary N) is 1. The number of carboxylic acids is 1. The second-order valence-corrected chi connectivity index (χ2v) is 8.89. The van der Waals surface area contributed by atoms with Crippen LogP contribution in [0, 0.1) is 0 Å². The van der Waals surface area contributed by atoms with Crippen LogP contribution in [-0.4, -0.2) is 50.1 Å². The third-order valence-electron chi connectivity index (χ3n) is 5.33. The minimum Gasteiger partial charge on any atom is -0.544 e. The molecule has 5 nitrogen and oxygen atoms in total. The fourth-order valence-electron chi connectivity index (χ4n) is 3.56. The molecular formula is C23H46N2O3. The summed E-state index contributed by atoms with van der Waals surface area (Å²) >= 11 is 0. The van der Waals surface area contributed by atoms with E-state index in [0.29, 0.717) is 24.0 Å². The summed E-state index contributed by atoms with van der Waals surface area (Å²) in [7, 11) is 3.73. The smallest absolute Gasteiger partial charge is 0.219 e. The van der Waals surface area contributed by atoms with Gasteiger partial charge in [-0.05, 0) is 6.42 Å². The highest BCUT2D eigenvalue weighted by Crippen LogP contribution is 2.12. The van der Waals surface area contributed by atoms with Crippen molar-refractivity contribution in [1.82, 2.24) is 5.32 Å². The van der Waals surface area contributed by atoms with E-state index in [-0.39, 0.29) is 12.5 Å². The topological polar surface area (TPSA) is 69.2 Å². The molecule has 0 spiro atoms. The molecule has 0 bridgehead atoms. The number of carboxylic acid groups (broad SMARTS) is 1. The Hall–Kier alpha value is -1.10. The Labute approximate surface area is 173 Å². The fraction of sp³-hybridized carbons (Fsp3) is 0.913. The van der Waals surface area contributed by atoms with E-state index in [1.54, 1.807) is 0 Å². The Morgan fingerprint density at radius 3 is 1.68 bits per heavy atom. The van der Waals surface area contributed by atoms with Gasteiger partial charge in [0.05, 0.1) is 26.6 Å². The lowest BCUT2D eigenvalue weighted by atomic mass is 10.0. The number of rotatable bonds is 20. The summed E-state index contributed by atoms with van der Waals surface area (Å²) in [5.41, 5.74) is 0. The minimum atomic E-state index is -1.03. The molecule has 5 heteroatoms. The van der Waals surface area contributed by atoms with E-state index in [4.69, 9.17) is 0 Å². The Morgan fingerprint density at radius 1 is 0.750 bits per heavy atom. The van der Waals surface area contributed by atoms with Crippen molar-refractivity contribution in [3.8, 4) is 0 Å². The van der Waals surface area contributed by atoms with E-state index in [1.807, 2.05) is 14.1 Å². The fourth-order valence-corrected chi connectivity index (χ4v) is 3.56. The van der Waals surface area contributed by atoms with Gasteiger partial charge in [-0.3, -0.25) is 4.79 Å². The van der Waals surface area contributed by atoms with Crippen molar-refractivity contribution in [3.05, 3.63) is 0 Å². The number of unbranched alkanes of at least 4 members (excludes halogenated alkanes) is 12. The number of likely N-dealkylation sites (N-methyl/N-ethyl adjacent to an activating group) is 1.